The highest BCUT2D eigenvalue weighted by Crippen LogP contribution is 2.41. The van der Waals surface area contributed by atoms with E-state index in [4.69, 9.17) is 14.5 Å². The summed E-state index contributed by atoms with van der Waals surface area (Å²) in [5.41, 5.74) is 6.32. The Morgan fingerprint density at radius 2 is 1.86 bits per heavy atom. The van der Waals surface area contributed by atoms with Gasteiger partial charge in [-0.2, -0.15) is 0 Å². The van der Waals surface area contributed by atoms with Gasteiger partial charge in [-0.25, -0.2) is 4.99 Å². The molecular weight excluding hydrogens is 616 g/mol. The Bertz CT molecular complexity index is 1770. The van der Waals surface area contributed by atoms with Crippen LogP contribution in [0.3, 0.4) is 0 Å². The van der Waals surface area contributed by atoms with Crippen LogP contribution >= 0.6 is 43.2 Å². The van der Waals surface area contributed by atoms with E-state index < -0.39 is 0 Å². The van der Waals surface area contributed by atoms with E-state index in [1.807, 2.05) is 41.0 Å². The van der Waals surface area contributed by atoms with Crippen molar-refractivity contribution in [2.75, 3.05) is 14.2 Å². The summed E-state index contributed by atoms with van der Waals surface area (Å²) in [4.78, 5) is 19.8. The number of methoxy groups -OCH3 is 2. The predicted molar refractivity (Wildman–Crippen MR) is 154 cm³/mol. The highest BCUT2D eigenvalue weighted by Gasteiger charge is 2.32. The molecule has 2 aliphatic rings. The Labute approximate surface area is 234 Å². The fraction of sp³-hybridized carbons (Fsp3) is 0.172. The molecule has 4 aromatic rings. The number of hydrogen-bond acceptors (Lipinski definition) is 5. The third-order valence-corrected chi connectivity index (χ3v) is 8.84. The van der Waals surface area contributed by atoms with Crippen LogP contribution in [0.15, 0.2) is 85.0 Å². The third-order valence-electron chi connectivity index (χ3n) is 6.81. The molecule has 0 fully saturated rings. The fourth-order valence-corrected chi connectivity index (χ4v) is 7.59. The Morgan fingerprint density at radius 1 is 1.03 bits per heavy atom. The summed E-state index contributed by atoms with van der Waals surface area (Å²) in [6.07, 6.45) is 3.64. The molecule has 0 amide bonds. The Hall–Kier alpha value is -2.94. The minimum atomic E-state index is -0.256. The van der Waals surface area contributed by atoms with E-state index in [1.54, 1.807) is 14.2 Å². The van der Waals surface area contributed by atoms with E-state index in [2.05, 4.69) is 62.2 Å². The maximum Gasteiger partial charge on any atom is 0.271 e. The van der Waals surface area contributed by atoms with Gasteiger partial charge in [-0.1, -0.05) is 63.7 Å². The predicted octanol–water partition coefficient (Wildman–Crippen LogP) is 5.86. The second-order valence-electron chi connectivity index (χ2n) is 8.90. The average molecular weight is 638 g/mol. The lowest BCUT2D eigenvalue weighted by molar-refractivity contribution is 0.411. The number of allylic oxidation sites excluding steroid dienone is 1. The minimum Gasteiger partial charge on any atom is -0.497 e. The second-order valence-corrected chi connectivity index (χ2v) is 11.7. The topological polar surface area (TPSA) is 52.8 Å². The molecule has 1 atom stereocenters. The molecule has 0 N–H and O–H groups in total. The molecule has 1 aromatic heterocycles. The lowest BCUT2D eigenvalue weighted by Gasteiger charge is -2.31. The highest BCUT2D eigenvalue weighted by atomic mass is 79.9. The van der Waals surface area contributed by atoms with Crippen molar-refractivity contribution >= 4 is 55.0 Å². The van der Waals surface area contributed by atoms with Gasteiger partial charge in [-0.15, -0.1) is 0 Å². The number of hydrogen-bond donors (Lipinski definition) is 0. The molecule has 0 saturated carbocycles. The molecule has 0 saturated heterocycles. The van der Waals surface area contributed by atoms with Crippen LogP contribution in [0.5, 0.6) is 11.5 Å². The highest BCUT2D eigenvalue weighted by molar-refractivity contribution is 9.11. The zero-order valence-electron chi connectivity index (χ0n) is 20.1. The average Bonchev–Trinajstić information content (AvgIpc) is 3.21. The first kappa shape index (κ1) is 24.4. The molecule has 1 aliphatic heterocycles. The number of aryl methyl sites for hydroxylation is 1. The van der Waals surface area contributed by atoms with Crippen molar-refractivity contribution in [2.45, 2.75) is 18.9 Å². The maximum absolute atomic E-state index is 14.0. The van der Waals surface area contributed by atoms with Gasteiger partial charge in [0.15, 0.2) is 4.80 Å². The van der Waals surface area contributed by atoms with E-state index >= 15 is 0 Å². The number of fused-ring (bicyclic) bond motifs is 3. The fourth-order valence-electron chi connectivity index (χ4n) is 5.18. The molecule has 8 heteroatoms. The summed E-state index contributed by atoms with van der Waals surface area (Å²) in [5, 5.41) is 0. The molecule has 1 aliphatic carbocycles. The Morgan fingerprint density at radius 3 is 2.68 bits per heavy atom. The van der Waals surface area contributed by atoms with Crippen molar-refractivity contribution in [1.29, 1.82) is 0 Å². The molecule has 0 bridgehead atoms. The van der Waals surface area contributed by atoms with Crippen molar-refractivity contribution in [1.82, 2.24) is 4.57 Å². The molecule has 6 rings (SSSR count). The van der Waals surface area contributed by atoms with Crippen LogP contribution in [-0.2, 0) is 6.42 Å². The smallest absolute Gasteiger partial charge is 0.271 e. The molecule has 186 valence electrons. The lowest BCUT2D eigenvalue weighted by Crippen LogP contribution is -2.38. The molecule has 0 unspecified atom stereocenters. The van der Waals surface area contributed by atoms with Crippen molar-refractivity contribution in [3.8, 4) is 11.5 Å². The third kappa shape index (κ3) is 4.21. The molecule has 0 radical (unpaired) electrons. The van der Waals surface area contributed by atoms with Gasteiger partial charge in [0.25, 0.3) is 5.56 Å². The SMILES string of the molecule is COc1cccc([C@@H]2C3=C(N=c4s/c(=C/c5cc(Br)cc(Br)c5OC)c(=O)n42)c2ccccc2CC3)c1. The lowest BCUT2D eigenvalue weighted by atomic mass is 9.83. The van der Waals surface area contributed by atoms with Crippen molar-refractivity contribution in [3.05, 3.63) is 117 Å². The number of nitrogens with zero attached hydrogens (tertiary/aromatic N) is 2. The molecule has 5 nitrogen and oxygen atoms in total. The number of thiazole rings is 1. The largest absolute Gasteiger partial charge is 0.497 e. The summed E-state index contributed by atoms with van der Waals surface area (Å²) in [5.74, 6) is 1.44. The van der Waals surface area contributed by atoms with Gasteiger partial charge in [0.1, 0.15) is 11.5 Å². The van der Waals surface area contributed by atoms with Crippen molar-refractivity contribution in [3.63, 3.8) is 0 Å². The minimum absolute atomic E-state index is 0.0693. The van der Waals surface area contributed by atoms with Gasteiger partial charge in [0, 0.05) is 15.6 Å². The van der Waals surface area contributed by atoms with Gasteiger partial charge in [0.2, 0.25) is 0 Å². The van der Waals surface area contributed by atoms with Gasteiger partial charge < -0.3 is 9.47 Å². The molecular formula is C29H22Br2N2O3S. The number of ether oxygens (including phenoxy) is 2. The summed E-state index contributed by atoms with van der Waals surface area (Å²) < 4.78 is 15.3. The van der Waals surface area contributed by atoms with E-state index in [-0.39, 0.29) is 11.6 Å². The van der Waals surface area contributed by atoms with Crippen LogP contribution in [0, 0.1) is 0 Å². The van der Waals surface area contributed by atoms with Crippen LogP contribution in [0.25, 0.3) is 11.8 Å². The molecule has 3 aromatic carbocycles. The van der Waals surface area contributed by atoms with Crippen LogP contribution in [0.4, 0.5) is 0 Å². The zero-order chi connectivity index (χ0) is 25.7. The summed E-state index contributed by atoms with van der Waals surface area (Å²) >= 11 is 8.52. The van der Waals surface area contributed by atoms with Crippen LogP contribution in [-0.4, -0.2) is 18.8 Å². The monoisotopic (exact) mass is 636 g/mol. The number of aromatic nitrogens is 1. The summed E-state index contributed by atoms with van der Waals surface area (Å²) in [6, 6.07) is 20.0. The summed E-state index contributed by atoms with van der Waals surface area (Å²) in [7, 11) is 3.29. The van der Waals surface area contributed by atoms with Crippen LogP contribution in [0.2, 0.25) is 0 Å². The Kier molecular flexibility index (Phi) is 6.42. The van der Waals surface area contributed by atoms with Crippen LogP contribution < -0.4 is 24.4 Å². The number of halogens is 2. The quantitative estimate of drug-likeness (QED) is 0.282. The van der Waals surface area contributed by atoms with E-state index in [0.29, 0.717) is 15.1 Å². The Balaban J connectivity index is 1.64. The van der Waals surface area contributed by atoms with Gasteiger partial charge in [-0.3, -0.25) is 9.36 Å². The summed E-state index contributed by atoms with van der Waals surface area (Å²) in [6.45, 7) is 0. The first-order valence-corrected chi connectivity index (χ1v) is 14.2. The zero-order valence-corrected chi connectivity index (χ0v) is 24.1. The second kappa shape index (κ2) is 9.74. The van der Waals surface area contributed by atoms with E-state index in [1.165, 1.54) is 16.9 Å². The molecule has 2 heterocycles. The van der Waals surface area contributed by atoms with Crippen molar-refractivity contribution < 1.29 is 9.47 Å². The van der Waals surface area contributed by atoms with Gasteiger partial charge in [0.05, 0.1) is 35.0 Å². The van der Waals surface area contributed by atoms with Crippen LogP contribution in [0.1, 0.15) is 34.7 Å². The molecule has 0 spiro atoms. The van der Waals surface area contributed by atoms with E-state index in [0.717, 1.165) is 55.5 Å². The molecule has 37 heavy (non-hydrogen) atoms. The first-order chi connectivity index (χ1) is 18.0. The normalized spacial score (nSPS) is 16.5. The first-order valence-electron chi connectivity index (χ1n) is 11.8. The van der Waals surface area contributed by atoms with Gasteiger partial charge >= 0.3 is 0 Å². The van der Waals surface area contributed by atoms with Crippen molar-refractivity contribution in [2.24, 2.45) is 4.99 Å². The number of rotatable bonds is 4. The standard InChI is InChI=1S/C29H22Br2N2O3S/c1-35-20-8-5-7-17(13-20)26-22-11-10-16-6-3-4-9-21(16)25(22)32-29-33(26)28(34)24(37-29)14-18-12-19(30)15-23(31)27(18)36-2/h3-9,12-15,26H,10-11H2,1-2H3/b24-14+/t26-/m1/s1. The number of benzene rings is 3. The maximum atomic E-state index is 14.0. The van der Waals surface area contributed by atoms with E-state index in [9.17, 15) is 4.79 Å². The van der Waals surface area contributed by atoms with Gasteiger partial charge in [-0.05, 0) is 75.8 Å².